The Morgan fingerprint density at radius 2 is 1.71 bits per heavy atom. The summed E-state index contributed by atoms with van der Waals surface area (Å²) in [6.45, 7) is 1.94. The van der Waals surface area contributed by atoms with Crippen molar-refractivity contribution < 1.29 is 14.7 Å². The first-order chi connectivity index (χ1) is 8.08. The second kappa shape index (κ2) is 4.25. The number of aromatic nitrogens is 1. The molecule has 0 aliphatic carbocycles. The van der Waals surface area contributed by atoms with Crippen molar-refractivity contribution in [3.05, 3.63) is 59.4 Å². The van der Waals surface area contributed by atoms with Crippen LogP contribution < -0.4 is 0 Å². The van der Waals surface area contributed by atoms with Crippen molar-refractivity contribution in [1.82, 2.24) is 4.57 Å². The fraction of sp³-hybridized carbons (Fsp3) is 0.0769. The fourth-order valence-corrected chi connectivity index (χ4v) is 1.49. The standard InChI is InChI=1S/C13H11NO3/c1-9-2-4-10(5-3-9)12(15)14-7-6-11(8-14)13(16)17/h2-8H,1H3,(H,16,17). The molecular weight excluding hydrogens is 218 g/mol. The van der Waals surface area contributed by atoms with Gasteiger partial charge in [-0.25, -0.2) is 4.79 Å². The smallest absolute Gasteiger partial charge is 0.337 e. The zero-order chi connectivity index (χ0) is 12.4. The predicted molar refractivity (Wildman–Crippen MR) is 62.3 cm³/mol. The summed E-state index contributed by atoms with van der Waals surface area (Å²) in [5.41, 5.74) is 1.70. The van der Waals surface area contributed by atoms with Gasteiger partial charge in [0, 0.05) is 18.0 Å². The molecular formula is C13H11NO3. The SMILES string of the molecule is Cc1ccc(C(=O)n2ccc(C(=O)O)c2)cc1. The van der Waals surface area contributed by atoms with Crippen LogP contribution in [0.2, 0.25) is 0 Å². The summed E-state index contributed by atoms with van der Waals surface area (Å²) in [7, 11) is 0. The Bertz CT molecular complexity index is 567. The molecule has 1 heterocycles. The molecule has 2 rings (SSSR count). The van der Waals surface area contributed by atoms with Gasteiger partial charge in [-0.05, 0) is 25.1 Å². The first-order valence-electron chi connectivity index (χ1n) is 5.10. The number of carbonyl (C=O) groups is 2. The Morgan fingerprint density at radius 1 is 1.06 bits per heavy atom. The summed E-state index contributed by atoms with van der Waals surface area (Å²) < 4.78 is 1.27. The summed E-state index contributed by atoms with van der Waals surface area (Å²) in [5.74, 6) is -1.28. The van der Waals surface area contributed by atoms with Crippen molar-refractivity contribution in [3.63, 3.8) is 0 Å². The molecule has 0 fully saturated rings. The summed E-state index contributed by atoms with van der Waals surface area (Å²) in [4.78, 5) is 22.7. The number of carboxylic acid groups (broad SMARTS) is 1. The summed E-state index contributed by atoms with van der Waals surface area (Å²) in [6, 6.07) is 8.52. The van der Waals surface area contributed by atoms with Gasteiger partial charge < -0.3 is 5.11 Å². The van der Waals surface area contributed by atoms with E-state index in [2.05, 4.69) is 0 Å². The predicted octanol–water partition coefficient (Wildman–Crippen LogP) is 2.18. The first-order valence-corrected chi connectivity index (χ1v) is 5.10. The molecule has 0 spiro atoms. The van der Waals surface area contributed by atoms with E-state index < -0.39 is 5.97 Å². The first kappa shape index (κ1) is 11.1. The van der Waals surface area contributed by atoms with Crippen molar-refractivity contribution in [2.45, 2.75) is 6.92 Å². The highest BCUT2D eigenvalue weighted by Gasteiger charge is 2.11. The molecule has 86 valence electrons. The Labute approximate surface area is 98.1 Å². The molecule has 0 aliphatic heterocycles. The lowest BCUT2D eigenvalue weighted by molar-refractivity contribution is 0.0697. The van der Waals surface area contributed by atoms with E-state index in [-0.39, 0.29) is 11.5 Å². The molecule has 0 aliphatic rings. The van der Waals surface area contributed by atoms with E-state index in [1.54, 1.807) is 12.1 Å². The van der Waals surface area contributed by atoms with Crippen LogP contribution in [0.25, 0.3) is 0 Å². The van der Waals surface area contributed by atoms with E-state index >= 15 is 0 Å². The molecule has 0 saturated carbocycles. The zero-order valence-electron chi connectivity index (χ0n) is 9.25. The molecule has 4 nitrogen and oxygen atoms in total. The van der Waals surface area contributed by atoms with Gasteiger partial charge in [0.05, 0.1) is 5.56 Å². The Balaban J connectivity index is 2.30. The van der Waals surface area contributed by atoms with Gasteiger partial charge in [-0.2, -0.15) is 0 Å². The number of benzene rings is 1. The highest BCUT2D eigenvalue weighted by atomic mass is 16.4. The number of hydrogen-bond acceptors (Lipinski definition) is 2. The van der Waals surface area contributed by atoms with Crippen molar-refractivity contribution in [1.29, 1.82) is 0 Å². The maximum Gasteiger partial charge on any atom is 0.337 e. The molecule has 4 heteroatoms. The van der Waals surface area contributed by atoms with Gasteiger partial charge in [0.15, 0.2) is 0 Å². The van der Waals surface area contributed by atoms with E-state index in [0.29, 0.717) is 5.56 Å². The van der Waals surface area contributed by atoms with Crippen molar-refractivity contribution in [2.24, 2.45) is 0 Å². The maximum atomic E-state index is 12.0. The van der Waals surface area contributed by atoms with Crippen LogP contribution in [0.1, 0.15) is 26.3 Å². The summed E-state index contributed by atoms with van der Waals surface area (Å²) >= 11 is 0. The number of aryl methyl sites for hydroxylation is 1. The quantitative estimate of drug-likeness (QED) is 0.858. The highest BCUT2D eigenvalue weighted by molar-refractivity contribution is 5.97. The van der Waals surface area contributed by atoms with Crippen LogP contribution >= 0.6 is 0 Å². The van der Waals surface area contributed by atoms with Crippen LogP contribution in [0, 0.1) is 6.92 Å². The largest absolute Gasteiger partial charge is 0.478 e. The minimum Gasteiger partial charge on any atom is -0.478 e. The van der Waals surface area contributed by atoms with E-state index in [1.165, 1.54) is 23.0 Å². The van der Waals surface area contributed by atoms with Crippen LogP contribution in [0.5, 0.6) is 0 Å². The molecule has 1 aromatic heterocycles. The van der Waals surface area contributed by atoms with Crippen LogP contribution in [-0.2, 0) is 0 Å². The van der Waals surface area contributed by atoms with Crippen LogP contribution in [0.4, 0.5) is 0 Å². The lowest BCUT2D eigenvalue weighted by Gasteiger charge is -2.01. The van der Waals surface area contributed by atoms with Gasteiger partial charge in [-0.3, -0.25) is 9.36 Å². The molecule has 0 atom stereocenters. The lowest BCUT2D eigenvalue weighted by atomic mass is 10.1. The van der Waals surface area contributed by atoms with E-state index in [1.807, 2.05) is 19.1 Å². The van der Waals surface area contributed by atoms with Crippen LogP contribution in [0.15, 0.2) is 42.7 Å². The zero-order valence-corrected chi connectivity index (χ0v) is 9.25. The molecule has 2 aromatic rings. The third-order valence-corrected chi connectivity index (χ3v) is 2.47. The van der Waals surface area contributed by atoms with Gasteiger partial charge >= 0.3 is 5.97 Å². The lowest BCUT2D eigenvalue weighted by Crippen LogP contribution is -2.09. The van der Waals surface area contributed by atoms with Gasteiger partial charge in [0.2, 0.25) is 0 Å². The molecule has 1 N–H and O–H groups in total. The van der Waals surface area contributed by atoms with Crippen LogP contribution in [-0.4, -0.2) is 21.6 Å². The number of carbonyl (C=O) groups excluding carboxylic acids is 1. The summed E-state index contributed by atoms with van der Waals surface area (Å²) in [6.07, 6.45) is 2.76. The van der Waals surface area contributed by atoms with Gasteiger partial charge in [0.1, 0.15) is 0 Å². The van der Waals surface area contributed by atoms with Gasteiger partial charge in [-0.15, -0.1) is 0 Å². The highest BCUT2D eigenvalue weighted by Crippen LogP contribution is 2.08. The molecule has 17 heavy (non-hydrogen) atoms. The fourth-order valence-electron chi connectivity index (χ4n) is 1.49. The van der Waals surface area contributed by atoms with Gasteiger partial charge in [0.25, 0.3) is 5.91 Å². The van der Waals surface area contributed by atoms with E-state index in [0.717, 1.165) is 5.56 Å². The van der Waals surface area contributed by atoms with Crippen LogP contribution in [0.3, 0.4) is 0 Å². The Kier molecular flexibility index (Phi) is 2.78. The number of rotatable bonds is 2. The minimum absolute atomic E-state index is 0.102. The Morgan fingerprint density at radius 3 is 2.24 bits per heavy atom. The maximum absolute atomic E-state index is 12.0. The van der Waals surface area contributed by atoms with E-state index in [4.69, 9.17) is 5.11 Å². The number of hydrogen-bond donors (Lipinski definition) is 1. The molecule has 0 unspecified atom stereocenters. The average Bonchev–Trinajstić information content (AvgIpc) is 2.78. The topological polar surface area (TPSA) is 59.3 Å². The Hall–Kier alpha value is -2.36. The summed E-state index contributed by atoms with van der Waals surface area (Å²) in [5, 5.41) is 8.76. The monoisotopic (exact) mass is 229 g/mol. The van der Waals surface area contributed by atoms with E-state index in [9.17, 15) is 9.59 Å². The number of aromatic carboxylic acids is 1. The molecule has 0 radical (unpaired) electrons. The normalized spacial score (nSPS) is 10.2. The number of carboxylic acids is 1. The molecule has 0 bridgehead atoms. The van der Waals surface area contributed by atoms with Crippen molar-refractivity contribution in [3.8, 4) is 0 Å². The second-order valence-electron chi connectivity index (χ2n) is 3.78. The third kappa shape index (κ3) is 2.25. The van der Waals surface area contributed by atoms with Crippen molar-refractivity contribution >= 4 is 11.9 Å². The average molecular weight is 229 g/mol. The molecule has 1 aromatic carbocycles. The third-order valence-electron chi connectivity index (χ3n) is 2.47. The second-order valence-corrected chi connectivity index (χ2v) is 3.78. The van der Waals surface area contributed by atoms with Gasteiger partial charge in [-0.1, -0.05) is 17.7 Å². The minimum atomic E-state index is -1.04. The molecule has 0 saturated heterocycles. The van der Waals surface area contributed by atoms with Crippen molar-refractivity contribution in [2.75, 3.05) is 0 Å². The molecule has 0 amide bonds. The number of nitrogens with zero attached hydrogens (tertiary/aromatic N) is 1.